The van der Waals surface area contributed by atoms with Gasteiger partial charge in [-0.3, -0.25) is 14.2 Å². The SMILES string of the molecule is N#CC(N1CCCC(c2[nH]ncc3nnc4nccc4c23)C1)S(=O)[O-]. The Kier molecular flexibility index (Phi) is 4.12. The monoisotopic (exact) mass is 356 g/mol. The van der Waals surface area contributed by atoms with Crippen molar-refractivity contribution in [1.29, 1.82) is 5.26 Å². The Bertz CT molecular complexity index is 998. The van der Waals surface area contributed by atoms with Crippen LogP contribution in [0, 0.1) is 11.3 Å². The van der Waals surface area contributed by atoms with Crippen molar-refractivity contribution in [3.63, 3.8) is 0 Å². The van der Waals surface area contributed by atoms with E-state index in [0.29, 0.717) is 24.3 Å². The van der Waals surface area contributed by atoms with Gasteiger partial charge in [0, 0.05) is 41.7 Å². The molecule has 25 heavy (non-hydrogen) atoms. The molecule has 3 aromatic heterocycles. The lowest BCUT2D eigenvalue weighted by Gasteiger charge is -2.36. The second-order valence-electron chi connectivity index (χ2n) is 6.00. The molecule has 1 aliphatic rings. The van der Waals surface area contributed by atoms with Gasteiger partial charge in [0.15, 0.2) is 11.0 Å². The van der Waals surface area contributed by atoms with E-state index in [1.807, 2.05) is 12.1 Å². The van der Waals surface area contributed by atoms with Gasteiger partial charge in [-0.05, 0) is 30.0 Å². The van der Waals surface area contributed by atoms with Gasteiger partial charge in [-0.25, -0.2) is 4.98 Å². The van der Waals surface area contributed by atoms with Crippen molar-refractivity contribution >= 4 is 33.0 Å². The lowest BCUT2D eigenvalue weighted by molar-refractivity contribution is 0.207. The molecule has 4 rings (SSSR count). The Labute approximate surface area is 145 Å². The van der Waals surface area contributed by atoms with Crippen molar-refractivity contribution < 1.29 is 8.76 Å². The molecule has 0 radical (unpaired) electrons. The maximum Gasteiger partial charge on any atom is 0.182 e. The summed E-state index contributed by atoms with van der Waals surface area (Å²) >= 11 is -2.46. The average molecular weight is 356 g/mol. The summed E-state index contributed by atoms with van der Waals surface area (Å²) in [5, 5.41) is 25.3. The average Bonchev–Trinajstić information content (AvgIpc) is 3.11. The Morgan fingerprint density at radius 2 is 2.36 bits per heavy atom. The third kappa shape index (κ3) is 2.76. The number of fused-ring (bicyclic) bond motifs is 3. The van der Waals surface area contributed by atoms with E-state index in [9.17, 15) is 8.76 Å². The van der Waals surface area contributed by atoms with Crippen LogP contribution in [0.3, 0.4) is 0 Å². The van der Waals surface area contributed by atoms with Crippen LogP contribution in [0.4, 0.5) is 0 Å². The predicted molar refractivity (Wildman–Crippen MR) is 88.9 cm³/mol. The fourth-order valence-corrected chi connectivity index (χ4v) is 4.00. The van der Waals surface area contributed by atoms with E-state index >= 15 is 0 Å². The van der Waals surface area contributed by atoms with Gasteiger partial charge in [-0.15, -0.1) is 10.2 Å². The van der Waals surface area contributed by atoms with E-state index in [-0.39, 0.29) is 5.92 Å². The van der Waals surface area contributed by atoms with Crippen molar-refractivity contribution in [2.75, 3.05) is 13.1 Å². The maximum atomic E-state index is 11.3. The molecule has 1 aliphatic heterocycles. The quantitative estimate of drug-likeness (QED) is 0.681. The Balaban J connectivity index is 1.78. The lowest BCUT2D eigenvalue weighted by atomic mass is 9.92. The second kappa shape index (κ2) is 6.44. The molecule has 0 aliphatic carbocycles. The number of rotatable bonds is 3. The summed E-state index contributed by atoms with van der Waals surface area (Å²) < 4.78 is 22.6. The molecular weight excluding hydrogens is 342 g/mol. The topological polar surface area (TPSA) is 135 Å². The Morgan fingerprint density at radius 3 is 3.16 bits per heavy atom. The summed E-state index contributed by atoms with van der Waals surface area (Å²) in [6.07, 6.45) is 4.96. The van der Waals surface area contributed by atoms with Crippen LogP contribution in [0.1, 0.15) is 24.5 Å². The van der Waals surface area contributed by atoms with Crippen LogP contribution < -0.4 is 0 Å². The molecule has 1 fully saturated rings. The number of nitrogens with one attached hydrogen (secondary N) is 1. The summed E-state index contributed by atoms with van der Waals surface area (Å²) in [7, 11) is 0. The zero-order valence-corrected chi connectivity index (χ0v) is 13.9. The van der Waals surface area contributed by atoms with Crippen LogP contribution >= 0.6 is 0 Å². The highest BCUT2D eigenvalue weighted by Crippen LogP contribution is 2.33. The van der Waals surface area contributed by atoms with Crippen LogP contribution in [0.5, 0.6) is 0 Å². The molecule has 3 aromatic rings. The highest BCUT2D eigenvalue weighted by Gasteiger charge is 2.29. The minimum Gasteiger partial charge on any atom is -0.770 e. The van der Waals surface area contributed by atoms with Gasteiger partial charge in [0.2, 0.25) is 0 Å². The van der Waals surface area contributed by atoms with Crippen molar-refractivity contribution in [2.45, 2.75) is 24.1 Å². The molecule has 1 N–H and O–H groups in total. The number of H-pyrrole nitrogens is 1. The van der Waals surface area contributed by atoms with Gasteiger partial charge in [-0.2, -0.15) is 10.4 Å². The molecular formula is C15H14N7O2S-. The standard InChI is InChI=1S/C15H15N7O2S/c16-6-12(25(23)24)22-5-1-2-9(8-22)14-13-10-3-4-17-15(10)21-19-11(13)7-18-20-14/h3-4,7,9,12,20H,1-2,5,8H2,(H,23,24)/p-1. The normalized spacial score (nSPS) is 21.2. The summed E-state index contributed by atoms with van der Waals surface area (Å²) in [6.45, 7) is 1.04. The van der Waals surface area contributed by atoms with E-state index in [1.165, 1.54) is 0 Å². The number of aromatic amines is 1. The molecule has 10 heteroatoms. The molecule has 0 saturated carbocycles. The third-order valence-electron chi connectivity index (χ3n) is 4.58. The number of hydrogen-bond acceptors (Lipinski definition) is 8. The minimum atomic E-state index is -2.46. The first-order chi connectivity index (χ1) is 12.2. The van der Waals surface area contributed by atoms with E-state index < -0.39 is 16.5 Å². The predicted octanol–water partition coefficient (Wildman–Crippen LogP) is 0.809. The van der Waals surface area contributed by atoms with E-state index in [2.05, 4.69) is 25.4 Å². The van der Waals surface area contributed by atoms with Crippen LogP contribution in [0.25, 0.3) is 21.9 Å². The van der Waals surface area contributed by atoms with Crippen LogP contribution in [0.15, 0.2) is 18.5 Å². The van der Waals surface area contributed by atoms with Crippen LogP contribution in [0.2, 0.25) is 0 Å². The second-order valence-corrected chi connectivity index (χ2v) is 6.97. The van der Waals surface area contributed by atoms with E-state index in [1.54, 1.807) is 17.3 Å². The largest absolute Gasteiger partial charge is 0.770 e. The van der Waals surface area contributed by atoms with Gasteiger partial charge in [0.1, 0.15) is 5.52 Å². The van der Waals surface area contributed by atoms with Gasteiger partial charge in [0.05, 0.1) is 12.3 Å². The number of nitrogens with zero attached hydrogens (tertiary/aromatic N) is 6. The molecule has 3 atom stereocenters. The molecule has 0 spiro atoms. The van der Waals surface area contributed by atoms with Gasteiger partial charge in [0.25, 0.3) is 0 Å². The van der Waals surface area contributed by atoms with Crippen molar-refractivity contribution in [1.82, 2.24) is 30.3 Å². The highest BCUT2D eigenvalue weighted by atomic mass is 32.2. The molecule has 3 unspecified atom stereocenters. The Hall–Kier alpha value is -2.48. The zero-order valence-electron chi connectivity index (χ0n) is 13.1. The summed E-state index contributed by atoms with van der Waals surface area (Å²) in [6, 6.07) is 3.74. The third-order valence-corrected chi connectivity index (χ3v) is 5.35. The lowest BCUT2D eigenvalue weighted by Crippen LogP contribution is -2.43. The summed E-state index contributed by atoms with van der Waals surface area (Å²) in [5.41, 5.74) is 2.11. The van der Waals surface area contributed by atoms with Gasteiger partial charge < -0.3 is 4.55 Å². The summed E-state index contributed by atoms with van der Waals surface area (Å²) in [4.78, 5) is 5.89. The first-order valence-electron chi connectivity index (χ1n) is 7.85. The minimum absolute atomic E-state index is 0.0200. The molecule has 128 valence electrons. The smallest absolute Gasteiger partial charge is 0.182 e. The van der Waals surface area contributed by atoms with Crippen LogP contribution in [-0.4, -0.2) is 57.5 Å². The Morgan fingerprint density at radius 1 is 1.48 bits per heavy atom. The first-order valence-corrected chi connectivity index (χ1v) is 8.99. The molecule has 0 bridgehead atoms. The molecule has 9 nitrogen and oxygen atoms in total. The maximum absolute atomic E-state index is 11.3. The van der Waals surface area contributed by atoms with Crippen molar-refractivity contribution in [2.24, 2.45) is 0 Å². The number of hydrogen-bond donors (Lipinski definition) is 1. The molecule has 4 heterocycles. The molecule has 0 amide bonds. The van der Waals surface area contributed by atoms with E-state index in [0.717, 1.165) is 29.3 Å². The summed E-state index contributed by atoms with van der Waals surface area (Å²) in [5.74, 6) is 0.0200. The van der Waals surface area contributed by atoms with Gasteiger partial charge in [-0.1, -0.05) is 0 Å². The molecule has 1 saturated heterocycles. The fraction of sp³-hybridized carbons (Fsp3) is 0.400. The van der Waals surface area contributed by atoms with Crippen molar-refractivity contribution in [3.8, 4) is 6.07 Å². The van der Waals surface area contributed by atoms with E-state index in [4.69, 9.17) is 5.26 Å². The van der Waals surface area contributed by atoms with Crippen LogP contribution in [-0.2, 0) is 11.1 Å². The zero-order chi connectivity index (χ0) is 17.4. The first kappa shape index (κ1) is 16.0. The number of likely N-dealkylation sites (tertiary alicyclic amines) is 1. The fourth-order valence-electron chi connectivity index (χ4n) is 3.48. The number of aromatic nitrogens is 5. The highest BCUT2D eigenvalue weighted by molar-refractivity contribution is 7.80. The van der Waals surface area contributed by atoms with Crippen molar-refractivity contribution in [3.05, 3.63) is 24.2 Å². The number of nitriles is 1. The van der Waals surface area contributed by atoms with Gasteiger partial charge >= 0.3 is 0 Å². The number of piperidine rings is 1. The molecule has 0 aromatic carbocycles.